The highest BCUT2D eigenvalue weighted by atomic mass is 79.9. The molecule has 1 aliphatic carbocycles. The van der Waals surface area contributed by atoms with Crippen LogP contribution in [-0.2, 0) is 9.53 Å². The Morgan fingerprint density at radius 3 is 2.67 bits per heavy atom. The lowest BCUT2D eigenvalue weighted by Gasteiger charge is -2.39. The minimum Gasteiger partial charge on any atom is -0.451 e. The van der Waals surface area contributed by atoms with Crippen LogP contribution in [0.4, 0.5) is 0 Å². The molecule has 0 N–H and O–H groups in total. The number of halogens is 2. The molecular weight excluding hydrogens is 458 g/mol. The molecule has 3 rings (SSSR count). The van der Waals surface area contributed by atoms with Crippen LogP contribution >= 0.6 is 43.2 Å². The highest BCUT2D eigenvalue weighted by Crippen LogP contribution is 2.52. The second-order valence-electron chi connectivity index (χ2n) is 8.04. The molecule has 0 unspecified atom stereocenters. The molecule has 2 aliphatic rings. The van der Waals surface area contributed by atoms with Crippen molar-refractivity contribution in [1.29, 1.82) is 0 Å². The largest absolute Gasteiger partial charge is 0.451 e. The van der Waals surface area contributed by atoms with Gasteiger partial charge in [0.2, 0.25) is 0 Å². The molecule has 1 amide bonds. The van der Waals surface area contributed by atoms with Gasteiger partial charge in [-0.1, -0.05) is 20.8 Å². The average molecular weight is 479 g/mol. The van der Waals surface area contributed by atoms with E-state index < -0.39 is 5.97 Å². The summed E-state index contributed by atoms with van der Waals surface area (Å²) in [5, 5.41) is 0. The summed E-state index contributed by atoms with van der Waals surface area (Å²) in [7, 11) is 0. The van der Waals surface area contributed by atoms with Gasteiger partial charge in [0, 0.05) is 17.1 Å². The second kappa shape index (κ2) is 6.40. The van der Waals surface area contributed by atoms with Gasteiger partial charge in [0.05, 0.1) is 3.79 Å². The van der Waals surface area contributed by atoms with Crippen LogP contribution in [0.25, 0.3) is 0 Å². The first-order valence-corrected chi connectivity index (χ1v) is 10.4. The smallest absolute Gasteiger partial charge is 0.348 e. The van der Waals surface area contributed by atoms with Gasteiger partial charge in [0.15, 0.2) is 6.61 Å². The summed E-state index contributed by atoms with van der Waals surface area (Å²) in [6.45, 7) is 7.41. The fourth-order valence-electron chi connectivity index (χ4n) is 4.48. The van der Waals surface area contributed by atoms with Gasteiger partial charge >= 0.3 is 5.97 Å². The molecule has 2 heterocycles. The van der Waals surface area contributed by atoms with E-state index in [4.69, 9.17) is 4.74 Å². The molecule has 2 fully saturated rings. The maximum absolute atomic E-state index is 12.6. The van der Waals surface area contributed by atoms with Crippen LogP contribution in [0.1, 0.15) is 49.7 Å². The SMILES string of the molecule is CC1(C)C[C@H]2C[C@@](C)(CN2C(=O)COC(=O)c2cc(Br)c(Br)s2)C1. The topological polar surface area (TPSA) is 46.6 Å². The number of rotatable bonds is 3. The minimum absolute atomic E-state index is 0.0792. The first-order valence-electron chi connectivity index (χ1n) is 8.00. The number of likely N-dealkylation sites (tertiary alicyclic amines) is 1. The molecule has 1 aromatic rings. The maximum Gasteiger partial charge on any atom is 0.348 e. The summed E-state index contributed by atoms with van der Waals surface area (Å²) in [6.07, 6.45) is 3.21. The number of esters is 1. The molecule has 2 atom stereocenters. The molecule has 1 saturated carbocycles. The van der Waals surface area contributed by atoms with Gasteiger partial charge in [-0.3, -0.25) is 4.79 Å². The quantitative estimate of drug-likeness (QED) is 0.583. The van der Waals surface area contributed by atoms with Crippen molar-refractivity contribution in [2.45, 2.75) is 46.1 Å². The zero-order chi connectivity index (χ0) is 17.7. The van der Waals surface area contributed by atoms with E-state index in [0.717, 1.165) is 34.1 Å². The zero-order valence-corrected chi connectivity index (χ0v) is 18.0. The molecular formula is C17H21Br2NO3S. The van der Waals surface area contributed by atoms with Crippen LogP contribution in [0.3, 0.4) is 0 Å². The van der Waals surface area contributed by atoms with Crippen molar-refractivity contribution >= 4 is 55.1 Å². The van der Waals surface area contributed by atoms with Gasteiger partial charge in [-0.15, -0.1) is 11.3 Å². The highest BCUT2D eigenvalue weighted by molar-refractivity contribution is 9.13. The summed E-state index contributed by atoms with van der Waals surface area (Å²) >= 11 is 7.99. The van der Waals surface area contributed by atoms with Gasteiger partial charge in [-0.05, 0) is 68.0 Å². The lowest BCUT2D eigenvalue weighted by molar-refractivity contribution is -0.135. The molecule has 132 valence electrons. The second-order valence-corrected chi connectivity index (χ2v) is 11.3. The number of carbonyl (C=O) groups excluding carboxylic acids is 2. The average Bonchev–Trinajstić information content (AvgIpc) is 2.92. The Morgan fingerprint density at radius 1 is 1.33 bits per heavy atom. The molecule has 2 bridgehead atoms. The third kappa shape index (κ3) is 3.73. The van der Waals surface area contributed by atoms with Crippen LogP contribution in [0.2, 0.25) is 0 Å². The lowest BCUT2D eigenvalue weighted by Crippen LogP contribution is -2.39. The van der Waals surface area contributed by atoms with Crippen molar-refractivity contribution in [1.82, 2.24) is 4.90 Å². The molecule has 0 radical (unpaired) electrons. The Morgan fingerprint density at radius 2 is 2.04 bits per heavy atom. The van der Waals surface area contributed by atoms with Crippen molar-refractivity contribution in [2.75, 3.05) is 13.2 Å². The maximum atomic E-state index is 12.6. The Hall–Kier alpha value is -0.400. The van der Waals surface area contributed by atoms with Gasteiger partial charge in [-0.25, -0.2) is 4.79 Å². The monoisotopic (exact) mass is 477 g/mol. The molecule has 0 spiro atoms. The van der Waals surface area contributed by atoms with E-state index in [2.05, 4.69) is 52.6 Å². The van der Waals surface area contributed by atoms with Gasteiger partial charge < -0.3 is 9.64 Å². The normalized spacial score (nSPS) is 28.0. The van der Waals surface area contributed by atoms with Crippen LogP contribution in [-0.4, -0.2) is 36.0 Å². The van der Waals surface area contributed by atoms with Crippen molar-refractivity contribution < 1.29 is 14.3 Å². The number of carbonyl (C=O) groups is 2. The number of hydrogen-bond donors (Lipinski definition) is 0. The van der Waals surface area contributed by atoms with E-state index in [0.29, 0.717) is 4.88 Å². The number of thiophene rings is 1. The van der Waals surface area contributed by atoms with Gasteiger partial charge in [-0.2, -0.15) is 0 Å². The molecule has 24 heavy (non-hydrogen) atoms. The third-order valence-electron chi connectivity index (χ3n) is 4.91. The van der Waals surface area contributed by atoms with E-state index in [1.807, 2.05) is 4.90 Å². The van der Waals surface area contributed by atoms with Gasteiger partial charge in [0.25, 0.3) is 5.91 Å². The van der Waals surface area contributed by atoms with Gasteiger partial charge in [0.1, 0.15) is 4.88 Å². The van der Waals surface area contributed by atoms with Crippen LogP contribution in [0, 0.1) is 10.8 Å². The predicted octanol–water partition coefficient (Wildman–Crippen LogP) is 4.86. The Labute approximate surface area is 163 Å². The van der Waals surface area contributed by atoms with Crippen molar-refractivity contribution in [3.63, 3.8) is 0 Å². The first kappa shape index (κ1) is 18.4. The summed E-state index contributed by atoms with van der Waals surface area (Å²) in [5.74, 6) is -0.530. The minimum atomic E-state index is -0.450. The van der Waals surface area contributed by atoms with E-state index in [-0.39, 0.29) is 29.4 Å². The predicted molar refractivity (Wildman–Crippen MR) is 101 cm³/mol. The number of fused-ring (bicyclic) bond motifs is 2. The fourth-order valence-corrected chi connectivity index (χ4v) is 6.41. The third-order valence-corrected chi connectivity index (χ3v) is 8.14. The molecule has 0 aromatic carbocycles. The highest BCUT2D eigenvalue weighted by Gasteiger charge is 2.50. The van der Waals surface area contributed by atoms with E-state index in [9.17, 15) is 9.59 Å². The van der Waals surface area contributed by atoms with Crippen molar-refractivity contribution in [3.8, 4) is 0 Å². The Bertz CT molecular complexity index is 668. The standard InChI is InChI=1S/C17H21Br2NO3S/c1-16(2)5-10-6-17(3,8-16)9-20(10)13(21)7-23-15(22)12-4-11(18)14(19)24-12/h4,10H,5-9H2,1-3H3/t10-,17+/m0/s1. The molecule has 1 saturated heterocycles. The first-order chi connectivity index (χ1) is 11.1. The number of ether oxygens (including phenoxy) is 1. The number of hydrogen-bond acceptors (Lipinski definition) is 4. The lowest BCUT2D eigenvalue weighted by atomic mass is 9.65. The van der Waals surface area contributed by atoms with E-state index in [1.165, 1.54) is 11.3 Å². The summed E-state index contributed by atoms with van der Waals surface area (Å²) in [6, 6.07) is 1.98. The number of nitrogens with zero attached hydrogens (tertiary/aromatic N) is 1. The Kier molecular flexibility index (Phi) is 4.90. The van der Waals surface area contributed by atoms with E-state index in [1.54, 1.807) is 6.07 Å². The van der Waals surface area contributed by atoms with Crippen LogP contribution < -0.4 is 0 Å². The zero-order valence-electron chi connectivity index (χ0n) is 14.0. The summed E-state index contributed by atoms with van der Waals surface area (Å²) in [5.41, 5.74) is 0.453. The molecule has 4 nitrogen and oxygen atoms in total. The van der Waals surface area contributed by atoms with Crippen molar-refractivity contribution in [3.05, 3.63) is 19.2 Å². The van der Waals surface area contributed by atoms with E-state index >= 15 is 0 Å². The van der Waals surface area contributed by atoms with Crippen LogP contribution in [0.15, 0.2) is 14.3 Å². The van der Waals surface area contributed by atoms with Crippen molar-refractivity contribution in [2.24, 2.45) is 10.8 Å². The molecule has 1 aliphatic heterocycles. The Balaban J connectivity index is 1.61. The fraction of sp³-hybridized carbons (Fsp3) is 0.647. The summed E-state index contributed by atoms with van der Waals surface area (Å²) in [4.78, 5) is 27.1. The summed E-state index contributed by atoms with van der Waals surface area (Å²) < 4.78 is 6.89. The molecule has 7 heteroatoms. The molecule has 1 aromatic heterocycles. The number of amides is 1. The van der Waals surface area contributed by atoms with Crippen LogP contribution in [0.5, 0.6) is 0 Å².